The SMILES string of the molecule is Cc1ccc2nc(C(O)(c3cnnn3COCC[Si](C)(C)C)C(C)C)ccc2c1-c1cccs1. The lowest BCUT2D eigenvalue weighted by molar-refractivity contribution is 0.00564. The van der Waals surface area contributed by atoms with Crippen molar-refractivity contribution in [1.82, 2.24) is 20.0 Å². The fraction of sp³-hybridized carbons (Fsp3) is 0.423. The van der Waals surface area contributed by atoms with E-state index in [1.54, 1.807) is 22.2 Å². The van der Waals surface area contributed by atoms with Gasteiger partial charge < -0.3 is 9.84 Å². The predicted molar refractivity (Wildman–Crippen MR) is 142 cm³/mol. The molecule has 180 valence electrons. The second kappa shape index (κ2) is 9.69. The van der Waals surface area contributed by atoms with E-state index in [0.29, 0.717) is 18.0 Å². The molecule has 0 fully saturated rings. The van der Waals surface area contributed by atoms with Crippen LogP contribution in [0.2, 0.25) is 25.7 Å². The summed E-state index contributed by atoms with van der Waals surface area (Å²) in [5.41, 5.74) is 3.09. The highest BCUT2D eigenvalue weighted by molar-refractivity contribution is 7.13. The minimum Gasteiger partial charge on any atom is -0.377 e. The van der Waals surface area contributed by atoms with Crippen molar-refractivity contribution in [3.8, 4) is 10.4 Å². The van der Waals surface area contributed by atoms with Gasteiger partial charge >= 0.3 is 0 Å². The summed E-state index contributed by atoms with van der Waals surface area (Å²) in [7, 11) is -1.18. The lowest BCUT2D eigenvalue weighted by Crippen LogP contribution is -2.37. The summed E-state index contributed by atoms with van der Waals surface area (Å²) in [5, 5.41) is 23.5. The van der Waals surface area contributed by atoms with Crippen LogP contribution in [0.3, 0.4) is 0 Å². The number of pyridine rings is 1. The van der Waals surface area contributed by atoms with Gasteiger partial charge in [-0.2, -0.15) is 0 Å². The number of fused-ring (bicyclic) bond motifs is 1. The van der Waals surface area contributed by atoms with E-state index in [-0.39, 0.29) is 12.6 Å². The number of aryl methyl sites for hydroxylation is 1. The van der Waals surface area contributed by atoms with Gasteiger partial charge in [0.2, 0.25) is 0 Å². The van der Waals surface area contributed by atoms with E-state index in [0.717, 1.165) is 16.9 Å². The van der Waals surface area contributed by atoms with Gasteiger partial charge in [-0.3, -0.25) is 0 Å². The molecule has 3 aromatic heterocycles. The molecular weight excluding hydrogens is 460 g/mol. The van der Waals surface area contributed by atoms with Crippen molar-refractivity contribution >= 4 is 30.3 Å². The molecule has 0 aliphatic carbocycles. The van der Waals surface area contributed by atoms with Gasteiger partial charge in [0, 0.05) is 30.5 Å². The Kier molecular flexibility index (Phi) is 7.05. The Morgan fingerprint density at radius 3 is 2.62 bits per heavy atom. The largest absolute Gasteiger partial charge is 0.377 e. The van der Waals surface area contributed by atoms with Crippen LogP contribution in [-0.2, 0) is 17.1 Å². The Bertz CT molecular complexity index is 1260. The topological polar surface area (TPSA) is 73.1 Å². The average Bonchev–Trinajstić information content (AvgIpc) is 3.47. The Hall–Kier alpha value is -2.39. The van der Waals surface area contributed by atoms with Crippen LogP contribution >= 0.6 is 11.3 Å². The molecule has 0 radical (unpaired) electrons. The van der Waals surface area contributed by atoms with E-state index >= 15 is 0 Å². The minimum absolute atomic E-state index is 0.154. The monoisotopic (exact) mass is 494 g/mol. The Labute approximate surface area is 206 Å². The van der Waals surface area contributed by atoms with E-state index in [1.165, 1.54) is 16.0 Å². The molecule has 1 aromatic carbocycles. The number of ether oxygens (including phenoxy) is 1. The number of hydrogen-bond donors (Lipinski definition) is 1. The zero-order valence-corrected chi connectivity index (χ0v) is 22.7. The summed E-state index contributed by atoms with van der Waals surface area (Å²) < 4.78 is 7.57. The zero-order valence-electron chi connectivity index (χ0n) is 20.9. The van der Waals surface area contributed by atoms with Gasteiger partial charge in [0.05, 0.1) is 23.1 Å². The molecule has 0 spiro atoms. The number of hydrogen-bond acceptors (Lipinski definition) is 6. The van der Waals surface area contributed by atoms with Crippen LogP contribution < -0.4 is 0 Å². The van der Waals surface area contributed by atoms with Gasteiger partial charge in [0.15, 0.2) is 5.60 Å². The second-order valence-corrected chi connectivity index (χ2v) is 17.0. The van der Waals surface area contributed by atoms with E-state index in [9.17, 15) is 5.11 Å². The molecule has 0 saturated heterocycles. The lowest BCUT2D eigenvalue weighted by Gasteiger charge is -2.32. The highest BCUT2D eigenvalue weighted by Crippen LogP contribution is 2.39. The zero-order chi connectivity index (χ0) is 24.5. The van der Waals surface area contributed by atoms with E-state index in [4.69, 9.17) is 9.72 Å². The van der Waals surface area contributed by atoms with E-state index in [2.05, 4.69) is 66.5 Å². The number of benzene rings is 1. The number of aromatic nitrogens is 4. The average molecular weight is 495 g/mol. The number of nitrogens with zero attached hydrogens (tertiary/aromatic N) is 4. The van der Waals surface area contributed by atoms with Crippen molar-refractivity contribution in [2.45, 2.75) is 58.8 Å². The summed E-state index contributed by atoms with van der Waals surface area (Å²) in [6.45, 7) is 14.0. The summed E-state index contributed by atoms with van der Waals surface area (Å²) >= 11 is 1.72. The van der Waals surface area contributed by atoms with Gasteiger partial charge in [-0.05, 0) is 48.0 Å². The standard InChI is InChI=1S/C26H34N4O2SSi/c1-18(2)26(31,24-16-27-29-30(24)17-32-13-15-34(4,5)6)23-12-10-20-21(28-23)11-9-19(3)25(20)22-8-7-14-33-22/h7-12,14,16,18,31H,13,15,17H2,1-6H3. The molecule has 4 aromatic rings. The van der Waals surface area contributed by atoms with E-state index in [1.807, 2.05) is 26.0 Å². The molecule has 3 heterocycles. The first-order valence-electron chi connectivity index (χ1n) is 11.7. The third-order valence-corrected chi connectivity index (χ3v) is 8.88. The van der Waals surface area contributed by atoms with Crippen LogP contribution in [0.25, 0.3) is 21.3 Å². The smallest absolute Gasteiger partial charge is 0.152 e. The minimum atomic E-state index is -1.35. The third kappa shape index (κ3) is 4.86. The Morgan fingerprint density at radius 2 is 1.94 bits per heavy atom. The van der Waals surface area contributed by atoms with Crippen LogP contribution in [0.15, 0.2) is 48.0 Å². The second-order valence-electron chi connectivity index (χ2n) is 10.4. The number of thiophene rings is 1. The van der Waals surface area contributed by atoms with Crippen molar-refractivity contribution in [2.75, 3.05) is 6.61 Å². The van der Waals surface area contributed by atoms with Crippen molar-refractivity contribution in [3.63, 3.8) is 0 Å². The van der Waals surface area contributed by atoms with Gasteiger partial charge in [-0.1, -0.05) is 56.9 Å². The molecule has 0 saturated carbocycles. The first-order valence-corrected chi connectivity index (χ1v) is 16.3. The van der Waals surface area contributed by atoms with Crippen molar-refractivity contribution in [3.05, 3.63) is 64.9 Å². The Morgan fingerprint density at radius 1 is 1.15 bits per heavy atom. The molecule has 0 aliphatic rings. The van der Waals surface area contributed by atoms with Crippen LogP contribution in [-0.4, -0.2) is 39.8 Å². The fourth-order valence-corrected chi connectivity index (χ4v) is 5.78. The van der Waals surface area contributed by atoms with E-state index < -0.39 is 13.7 Å². The van der Waals surface area contributed by atoms with Crippen molar-refractivity contribution in [2.24, 2.45) is 5.92 Å². The summed E-state index contributed by atoms with van der Waals surface area (Å²) in [5.74, 6) is -0.154. The first kappa shape index (κ1) is 24.7. The molecule has 0 aliphatic heterocycles. The molecule has 1 atom stereocenters. The van der Waals surface area contributed by atoms with Crippen molar-refractivity contribution < 1.29 is 9.84 Å². The first-order chi connectivity index (χ1) is 16.1. The summed E-state index contributed by atoms with van der Waals surface area (Å²) in [4.78, 5) is 6.17. The van der Waals surface area contributed by atoms with Crippen LogP contribution in [0.1, 0.15) is 30.8 Å². The maximum atomic E-state index is 12.0. The summed E-state index contributed by atoms with van der Waals surface area (Å²) in [6.07, 6.45) is 1.62. The molecule has 1 N–H and O–H groups in total. The van der Waals surface area contributed by atoms with Crippen LogP contribution in [0, 0.1) is 12.8 Å². The quantitative estimate of drug-likeness (QED) is 0.226. The van der Waals surface area contributed by atoms with Gasteiger partial charge in [0.25, 0.3) is 0 Å². The number of rotatable bonds is 9. The highest BCUT2D eigenvalue weighted by Gasteiger charge is 2.40. The van der Waals surface area contributed by atoms with Crippen LogP contribution in [0.4, 0.5) is 0 Å². The maximum absolute atomic E-state index is 12.0. The normalized spacial score (nSPS) is 14.1. The maximum Gasteiger partial charge on any atom is 0.152 e. The molecule has 1 unspecified atom stereocenters. The third-order valence-electron chi connectivity index (χ3n) is 6.29. The summed E-state index contributed by atoms with van der Waals surface area (Å²) in [6, 6.07) is 13.4. The molecule has 0 amide bonds. The Balaban J connectivity index is 1.71. The fourth-order valence-electron chi connectivity index (χ4n) is 4.17. The van der Waals surface area contributed by atoms with Crippen molar-refractivity contribution in [1.29, 1.82) is 0 Å². The van der Waals surface area contributed by atoms with Crippen LogP contribution in [0.5, 0.6) is 0 Å². The molecule has 6 nitrogen and oxygen atoms in total. The molecule has 0 bridgehead atoms. The van der Waals surface area contributed by atoms with Gasteiger partial charge in [0.1, 0.15) is 6.73 Å². The van der Waals surface area contributed by atoms with Gasteiger partial charge in [-0.15, -0.1) is 16.4 Å². The molecule has 34 heavy (non-hydrogen) atoms. The molecule has 8 heteroatoms. The predicted octanol–water partition coefficient (Wildman–Crippen LogP) is 6.07. The lowest BCUT2D eigenvalue weighted by atomic mass is 9.83. The molecule has 4 rings (SSSR count). The number of aliphatic hydroxyl groups is 1. The molecular formula is C26H34N4O2SSi. The van der Waals surface area contributed by atoms with Gasteiger partial charge in [-0.25, -0.2) is 9.67 Å². The highest BCUT2D eigenvalue weighted by atomic mass is 32.1.